The number of rotatable bonds is 6. The van der Waals surface area contributed by atoms with Gasteiger partial charge in [0.1, 0.15) is 22.8 Å². The fourth-order valence-electron chi connectivity index (χ4n) is 3.34. The van der Waals surface area contributed by atoms with Gasteiger partial charge in [-0.1, -0.05) is 42.5 Å². The Morgan fingerprint density at radius 2 is 0.970 bits per heavy atom. The van der Waals surface area contributed by atoms with E-state index in [1.54, 1.807) is 54.6 Å². The van der Waals surface area contributed by atoms with Crippen LogP contribution in [-0.2, 0) is 9.84 Å². The smallest absolute Gasteiger partial charge is 0.206 e. The summed E-state index contributed by atoms with van der Waals surface area (Å²) in [4.78, 5) is 0.502. The predicted octanol–water partition coefficient (Wildman–Crippen LogP) is 7.16. The minimum Gasteiger partial charge on any atom is -0.488 e. The molecule has 5 heteroatoms. The van der Waals surface area contributed by atoms with Crippen molar-refractivity contribution in [2.45, 2.75) is 36.2 Å². The van der Waals surface area contributed by atoms with E-state index in [2.05, 4.69) is 0 Å². The largest absolute Gasteiger partial charge is 0.488 e. The molecule has 0 amide bonds. The van der Waals surface area contributed by atoms with E-state index in [4.69, 9.17) is 9.47 Å². The molecule has 0 saturated heterocycles. The number of sulfone groups is 1. The molecule has 4 rings (SSSR count). The summed E-state index contributed by atoms with van der Waals surface area (Å²) in [6.45, 7) is 6.07. The van der Waals surface area contributed by atoms with Crippen LogP contribution in [0.4, 0.5) is 0 Å². The Bertz CT molecular complexity index is 1300. The van der Waals surface area contributed by atoms with E-state index in [1.807, 2.05) is 69.3 Å². The van der Waals surface area contributed by atoms with Crippen LogP contribution in [0.2, 0.25) is 0 Å². The minimum atomic E-state index is -3.54. The number of hydrogen-bond donors (Lipinski definition) is 0. The molecule has 168 valence electrons. The van der Waals surface area contributed by atoms with Crippen molar-refractivity contribution in [3.8, 4) is 28.4 Å². The van der Waals surface area contributed by atoms with Crippen LogP contribution in [0.5, 0.6) is 17.2 Å². The van der Waals surface area contributed by atoms with E-state index in [0.717, 1.165) is 16.9 Å². The molecule has 0 unspecified atom stereocenters. The van der Waals surface area contributed by atoms with E-state index < -0.39 is 9.84 Å². The normalized spacial score (nSPS) is 11.7. The first kappa shape index (κ1) is 22.6. The highest BCUT2D eigenvalue weighted by Gasteiger charge is 2.17. The van der Waals surface area contributed by atoms with Crippen LogP contribution in [0.1, 0.15) is 20.8 Å². The molecule has 0 atom stereocenters. The van der Waals surface area contributed by atoms with Crippen LogP contribution >= 0.6 is 0 Å². The molecule has 0 saturated carbocycles. The molecule has 0 aliphatic carbocycles. The van der Waals surface area contributed by atoms with Crippen LogP contribution in [-0.4, -0.2) is 14.0 Å². The number of benzene rings is 4. The van der Waals surface area contributed by atoms with Gasteiger partial charge in [-0.15, -0.1) is 0 Å². The standard InChI is InChI=1S/C28H26O4S/c1-28(2,3)32-25-15-11-22(12-16-25)21-9-13-23(14-10-21)31-24-17-19-27(20-18-24)33(29,30)26-7-5-4-6-8-26/h4-20H,1-3H3. The zero-order valence-corrected chi connectivity index (χ0v) is 19.7. The van der Waals surface area contributed by atoms with E-state index in [-0.39, 0.29) is 15.4 Å². The average Bonchev–Trinajstić information content (AvgIpc) is 2.80. The van der Waals surface area contributed by atoms with Gasteiger partial charge < -0.3 is 9.47 Å². The van der Waals surface area contributed by atoms with E-state index in [0.29, 0.717) is 11.5 Å². The number of hydrogen-bond acceptors (Lipinski definition) is 4. The van der Waals surface area contributed by atoms with Gasteiger partial charge in [-0.2, -0.15) is 0 Å². The summed E-state index contributed by atoms with van der Waals surface area (Å²) >= 11 is 0. The molecule has 4 aromatic rings. The molecule has 0 bridgehead atoms. The molecular weight excluding hydrogens is 432 g/mol. The third kappa shape index (κ3) is 5.62. The molecule has 0 aliphatic heterocycles. The second kappa shape index (κ2) is 9.12. The lowest BCUT2D eigenvalue weighted by atomic mass is 10.1. The van der Waals surface area contributed by atoms with Crippen molar-refractivity contribution in [3.05, 3.63) is 103 Å². The molecule has 0 aliphatic rings. The van der Waals surface area contributed by atoms with Gasteiger partial charge in [-0.3, -0.25) is 0 Å². The Balaban J connectivity index is 1.44. The van der Waals surface area contributed by atoms with Crippen molar-refractivity contribution in [1.29, 1.82) is 0 Å². The highest BCUT2D eigenvalue weighted by Crippen LogP contribution is 2.29. The zero-order chi connectivity index (χ0) is 23.5. The van der Waals surface area contributed by atoms with Gasteiger partial charge in [0.2, 0.25) is 9.84 Å². The second-order valence-electron chi connectivity index (χ2n) is 8.65. The Hall–Kier alpha value is -3.57. The summed E-state index contributed by atoms with van der Waals surface area (Å²) in [5, 5.41) is 0. The van der Waals surface area contributed by atoms with Gasteiger partial charge in [-0.25, -0.2) is 8.42 Å². The molecular formula is C28H26O4S. The minimum absolute atomic E-state index is 0.232. The van der Waals surface area contributed by atoms with Crippen molar-refractivity contribution in [2.75, 3.05) is 0 Å². The molecule has 0 radical (unpaired) electrons. The molecule has 4 aromatic carbocycles. The van der Waals surface area contributed by atoms with Crippen molar-refractivity contribution in [3.63, 3.8) is 0 Å². The first-order valence-electron chi connectivity index (χ1n) is 10.7. The van der Waals surface area contributed by atoms with Gasteiger partial charge in [0.15, 0.2) is 0 Å². The fourth-order valence-corrected chi connectivity index (χ4v) is 4.63. The average molecular weight is 459 g/mol. The molecule has 0 N–H and O–H groups in total. The van der Waals surface area contributed by atoms with Gasteiger partial charge in [-0.05, 0) is 92.6 Å². The number of ether oxygens (including phenoxy) is 2. The summed E-state index contributed by atoms with van der Waals surface area (Å²) in [7, 11) is -3.54. The van der Waals surface area contributed by atoms with Gasteiger partial charge in [0, 0.05) is 0 Å². The highest BCUT2D eigenvalue weighted by atomic mass is 32.2. The van der Waals surface area contributed by atoms with Crippen molar-refractivity contribution in [1.82, 2.24) is 0 Å². The highest BCUT2D eigenvalue weighted by molar-refractivity contribution is 7.91. The fraction of sp³-hybridized carbons (Fsp3) is 0.143. The SMILES string of the molecule is CC(C)(C)Oc1ccc(-c2ccc(Oc3ccc(S(=O)(=O)c4ccccc4)cc3)cc2)cc1. The van der Waals surface area contributed by atoms with Crippen LogP contribution in [0.25, 0.3) is 11.1 Å². The Morgan fingerprint density at radius 3 is 1.45 bits per heavy atom. The third-order valence-electron chi connectivity index (χ3n) is 4.89. The third-order valence-corrected chi connectivity index (χ3v) is 6.67. The van der Waals surface area contributed by atoms with Crippen LogP contribution < -0.4 is 9.47 Å². The molecule has 0 heterocycles. The summed E-state index contributed by atoms with van der Waals surface area (Å²) in [6, 6.07) is 30.6. The lowest BCUT2D eigenvalue weighted by Crippen LogP contribution is -2.22. The molecule has 33 heavy (non-hydrogen) atoms. The van der Waals surface area contributed by atoms with Crippen LogP contribution in [0.15, 0.2) is 113 Å². The topological polar surface area (TPSA) is 52.6 Å². The Labute approximate surface area is 195 Å². The monoisotopic (exact) mass is 458 g/mol. The van der Waals surface area contributed by atoms with Crippen LogP contribution in [0, 0.1) is 0 Å². The van der Waals surface area contributed by atoms with Crippen molar-refractivity contribution in [2.24, 2.45) is 0 Å². The van der Waals surface area contributed by atoms with Crippen molar-refractivity contribution >= 4 is 9.84 Å². The first-order valence-corrected chi connectivity index (χ1v) is 12.2. The molecule has 0 spiro atoms. The van der Waals surface area contributed by atoms with Gasteiger partial charge >= 0.3 is 0 Å². The van der Waals surface area contributed by atoms with E-state index in [9.17, 15) is 8.42 Å². The maximum atomic E-state index is 12.7. The predicted molar refractivity (Wildman–Crippen MR) is 131 cm³/mol. The second-order valence-corrected chi connectivity index (χ2v) is 10.6. The lowest BCUT2D eigenvalue weighted by Gasteiger charge is -2.21. The quantitative estimate of drug-likeness (QED) is 0.308. The Morgan fingerprint density at radius 1 is 0.545 bits per heavy atom. The van der Waals surface area contributed by atoms with Crippen LogP contribution in [0.3, 0.4) is 0 Å². The van der Waals surface area contributed by atoms with Crippen molar-refractivity contribution < 1.29 is 17.9 Å². The summed E-state index contributed by atoms with van der Waals surface area (Å²) < 4.78 is 37.2. The van der Waals surface area contributed by atoms with E-state index >= 15 is 0 Å². The zero-order valence-electron chi connectivity index (χ0n) is 18.9. The molecule has 0 aromatic heterocycles. The maximum Gasteiger partial charge on any atom is 0.206 e. The van der Waals surface area contributed by atoms with Gasteiger partial charge in [0.25, 0.3) is 0 Å². The summed E-state index contributed by atoms with van der Waals surface area (Å²) in [5.74, 6) is 2.08. The molecule has 0 fully saturated rings. The lowest BCUT2D eigenvalue weighted by molar-refractivity contribution is 0.131. The maximum absolute atomic E-state index is 12.7. The Kier molecular flexibility index (Phi) is 6.25. The summed E-state index contributed by atoms with van der Waals surface area (Å²) in [6.07, 6.45) is 0. The van der Waals surface area contributed by atoms with Gasteiger partial charge in [0.05, 0.1) is 9.79 Å². The molecule has 4 nitrogen and oxygen atoms in total. The van der Waals surface area contributed by atoms with E-state index in [1.165, 1.54) is 0 Å². The summed E-state index contributed by atoms with van der Waals surface area (Å²) in [5.41, 5.74) is 1.91. The first-order chi connectivity index (χ1) is 15.7.